The summed E-state index contributed by atoms with van der Waals surface area (Å²) in [4.78, 5) is 35.7. The SMILES string of the molecule is C[C@@H](O)[C@H](NC(=O)c1ccc(C=CC=Cc2ccc(C(=O)NCCN)cc2)cc1)C(=O)NO. The van der Waals surface area contributed by atoms with E-state index in [1.165, 1.54) is 12.4 Å². The maximum atomic E-state index is 12.3. The molecule has 3 amide bonds. The molecule has 2 aromatic rings. The second-order valence-electron chi connectivity index (χ2n) is 7.17. The van der Waals surface area contributed by atoms with Crippen molar-refractivity contribution in [1.29, 1.82) is 0 Å². The molecule has 2 atom stereocenters. The van der Waals surface area contributed by atoms with Gasteiger partial charge in [0.25, 0.3) is 17.7 Å². The third kappa shape index (κ3) is 8.00. The number of rotatable bonds is 10. The summed E-state index contributed by atoms with van der Waals surface area (Å²) in [6.07, 6.45) is 6.25. The van der Waals surface area contributed by atoms with Crippen molar-refractivity contribution in [3.8, 4) is 0 Å². The number of hydrogen-bond acceptors (Lipinski definition) is 6. The van der Waals surface area contributed by atoms with Gasteiger partial charge in [-0.25, -0.2) is 5.48 Å². The summed E-state index contributed by atoms with van der Waals surface area (Å²) < 4.78 is 0. The van der Waals surface area contributed by atoms with Crippen molar-refractivity contribution in [3.05, 3.63) is 82.9 Å². The summed E-state index contributed by atoms with van der Waals surface area (Å²) in [6, 6.07) is 12.5. The van der Waals surface area contributed by atoms with E-state index >= 15 is 0 Å². The first-order valence-electron chi connectivity index (χ1n) is 10.3. The Labute approximate surface area is 192 Å². The van der Waals surface area contributed by atoms with Crippen LogP contribution < -0.4 is 21.8 Å². The number of amides is 3. The summed E-state index contributed by atoms with van der Waals surface area (Å²) in [5, 5.41) is 23.4. The summed E-state index contributed by atoms with van der Waals surface area (Å²) in [7, 11) is 0. The zero-order chi connectivity index (χ0) is 24.2. The van der Waals surface area contributed by atoms with Gasteiger partial charge in [-0.2, -0.15) is 0 Å². The summed E-state index contributed by atoms with van der Waals surface area (Å²) >= 11 is 0. The van der Waals surface area contributed by atoms with Crippen molar-refractivity contribution in [1.82, 2.24) is 16.1 Å². The highest BCUT2D eigenvalue weighted by Crippen LogP contribution is 2.09. The molecule has 0 saturated carbocycles. The van der Waals surface area contributed by atoms with Crippen molar-refractivity contribution in [3.63, 3.8) is 0 Å². The molecule has 0 heterocycles. The monoisotopic (exact) mass is 452 g/mol. The van der Waals surface area contributed by atoms with Crippen LogP contribution in [0.1, 0.15) is 38.8 Å². The van der Waals surface area contributed by atoms with Crippen LogP contribution in [-0.4, -0.2) is 53.3 Å². The van der Waals surface area contributed by atoms with Gasteiger partial charge in [0.15, 0.2) is 0 Å². The van der Waals surface area contributed by atoms with Gasteiger partial charge < -0.3 is 21.5 Å². The molecule has 2 aromatic carbocycles. The Morgan fingerprint density at radius 3 is 1.82 bits per heavy atom. The first-order chi connectivity index (χ1) is 15.8. The zero-order valence-corrected chi connectivity index (χ0v) is 18.2. The molecule has 0 radical (unpaired) electrons. The molecule has 174 valence electrons. The van der Waals surface area contributed by atoms with Gasteiger partial charge in [-0.05, 0) is 42.3 Å². The van der Waals surface area contributed by atoms with E-state index in [0.717, 1.165) is 11.1 Å². The van der Waals surface area contributed by atoms with Gasteiger partial charge in [0.1, 0.15) is 6.04 Å². The van der Waals surface area contributed by atoms with Gasteiger partial charge in [0.05, 0.1) is 6.10 Å². The van der Waals surface area contributed by atoms with Crippen LogP contribution in [0, 0.1) is 0 Å². The minimum Gasteiger partial charge on any atom is -0.391 e. The number of benzene rings is 2. The van der Waals surface area contributed by atoms with Gasteiger partial charge in [0.2, 0.25) is 0 Å². The molecule has 0 spiro atoms. The van der Waals surface area contributed by atoms with Gasteiger partial charge >= 0.3 is 0 Å². The lowest BCUT2D eigenvalue weighted by molar-refractivity contribution is -0.133. The van der Waals surface area contributed by atoms with Crippen molar-refractivity contribution >= 4 is 29.9 Å². The minimum absolute atomic E-state index is 0.161. The average Bonchev–Trinajstić information content (AvgIpc) is 2.83. The Kier molecular flexibility index (Phi) is 9.97. The van der Waals surface area contributed by atoms with E-state index in [4.69, 9.17) is 10.9 Å². The van der Waals surface area contributed by atoms with E-state index in [1.807, 2.05) is 36.4 Å². The summed E-state index contributed by atoms with van der Waals surface area (Å²) in [5.74, 6) is -1.62. The zero-order valence-electron chi connectivity index (χ0n) is 18.2. The molecule has 7 N–H and O–H groups in total. The molecule has 0 unspecified atom stereocenters. The number of nitrogens with two attached hydrogens (primary N) is 1. The standard InChI is InChI=1S/C24H28N4O5/c1-16(29)21(24(32)28-33)27-23(31)20-12-8-18(9-13-20)5-3-2-4-17-6-10-19(11-7-17)22(30)26-15-14-25/h2-13,16,21,29,33H,14-15,25H2,1H3,(H,26,30)(H,27,31)(H,28,32)/t16-,21+/m1/s1. The predicted molar refractivity (Wildman–Crippen MR) is 125 cm³/mol. The van der Waals surface area contributed by atoms with Crippen LogP contribution >= 0.6 is 0 Å². The lowest BCUT2D eigenvalue weighted by Gasteiger charge is -2.19. The molecule has 0 aliphatic carbocycles. The van der Waals surface area contributed by atoms with E-state index in [2.05, 4.69) is 10.6 Å². The molecule has 0 fully saturated rings. The van der Waals surface area contributed by atoms with Crippen molar-refractivity contribution in [2.45, 2.75) is 19.1 Å². The molecule has 0 aliphatic heterocycles. The Morgan fingerprint density at radius 1 is 0.909 bits per heavy atom. The fourth-order valence-corrected chi connectivity index (χ4v) is 2.81. The molecule has 0 bridgehead atoms. The Balaban J connectivity index is 1.93. The van der Waals surface area contributed by atoms with Crippen LogP contribution in [0.25, 0.3) is 12.2 Å². The number of aliphatic hydroxyl groups is 1. The molecule has 0 saturated heterocycles. The van der Waals surface area contributed by atoms with Crippen molar-refractivity contribution in [2.75, 3.05) is 13.1 Å². The molecular formula is C24H28N4O5. The Bertz CT molecular complexity index is 999. The topological polar surface area (TPSA) is 154 Å². The first kappa shape index (κ1) is 25.5. The third-order valence-corrected chi connectivity index (χ3v) is 4.63. The van der Waals surface area contributed by atoms with Crippen molar-refractivity contribution < 1.29 is 24.7 Å². The quantitative estimate of drug-likeness (QED) is 0.180. The van der Waals surface area contributed by atoms with Gasteiger partial charge in [-0.1, -0.05) is 48.6 Å². The second-order valence-corrected chi connectivity index (χ2v) is 7.17. The fraction of sp³-hybridized carbons (Fsp3) is 0.208. The second kappa shape index (κ2) is 12.9. The van der Waals surface area contributed by atoms with E-state index in [-0.39, 0.29) is 5.91 Å². The van der Waals surface area contributed by atoms with Crippen LogP contribution in [0.4, 0.5) is 0 Å². The largest absolute Gasteiger partial charge is 0.391 e. The van der Waals surface area contributed by atoms with E-state index in [0.29, 0.717) is 24.2 Å². The van der Waals surface area contributed by atoms with Gasteiger partial charge in [-0.3, -0.25) is 19.6 Å². The summed E-state index contributed by atoms with van der Waals surface area (Å²) in [5.41, 5.74) is 9.44. The maximum Gasteiger partial charge on any atom is 0.268 e. The molecule has 9 heteroatoms. The smallest absolute Gasteiger partial charge is 0.268 e. The predicted octanol–water partition coefficient (Wildman–Crippen LogP) is 1.09. The average molecular weight is 453 g/mol. The summed E-state index contributed by atoms with van der Waals surface area (Å²) in [6.45, 7) is 2.15. The number of hydrogen-bond donors (Lipinski definition) is 6. The molecule has 2 rings (SSSR count). The lowest BCUT2D eigenvalue weighted by atomic mass is 10.1. The normalized spacial score (nSPS) is 13.0. The fourth-order valence-electron chi connectivity index (χ4n) is 2.81. The molecule has 33 heavy (non-hydrogen) atoms. The molecule has 0 aliphatic rings. The number of carbonyl (C=O) groups excluding carboxylic acids is 3. The minimum atomic E-state index is -1.28. The Morgan fingerprint density at radius 2 is 1.39 bits per heavy atom. The number of carbonyl (C=O) groups is 3. The number of hydroxylamine groups is 1. The highest BCUT2D eigenvalue weighted by atomic mass is 16.5. The molecular weight excluding hydrogens is 424 g/mol. The van der Waals surface area contributed by atoms with Gasteiger partial charge in [-0.15, -0.1) is 0 Å². The van der Waals surface area contributed by atoms with E-state index in [1.54, 1.807) is 36.4 Å². The highest BCUT2D eigenvalue weighted by Gasteiger charge is 2.25. The Hall–Kier alpha value is -3.79. The van der Waals surface area contributed by atoms with Gasteiger partial charge in [0, 0.05) is 24.2 Å². The highest BCUT2D eigenvalue weighted by molar-refractivity contribution is 5.97. The van der Waals surface area contributed by atoms with Crippen LogP contribution in [0.3, 0.4) is 0 Å². The maximum absolute atomic E-state index is 12.3. The molecule has 0 aromatic heterocycles. The van der Waals surface area contributed by atoms with E-state index < -0.39 is 24.0 Å². The van der Waals surface area contributed by atoms with Crippen molar-refractivity contribution in [2.24, 2.45) is 5.73 Å². The number of allylic oxidation sites excluding steroid dienone is 2. The number of aliphatic hydroxyl groups excluding tert-OH is 1. The third-order valence-electron chi connectivity index (χ3n) is 4.63. The number of nitrogens with one attached hydrogen (secondary N) is 3. The van der Waals surface area contributed by atoms with E-state index in [9.17, 15) is 19.5 Å². The van der Waals surface area contributed by atoms with Crippen LogP contribution in [-0.2, 0) is 4.79 Å². The van der Waals surface area contributed by atoms with Crippen LogP contribution in [0.5, 0.6) is 0 Å². The molecule has 9 nitrogen and oxygen atoms in total. The van der Waals surface area contributed by atoms with Crippen LogP contribution in [0.15, 0.2) is 60.7 Å². The van der Waals surface area contributed by atoms with Crippen LogP contribution in [0.2, 0.25) is 0 Å². The first-order valence-corrected chi connectivity index (χ1v) is 10.3. The lowest BCUT2D eigenvalue weighted by Crippen LogP contribution is -2.51.